The Morgan fingerprint density at radius 1 is 1.05 bits per heavy atom. The smallest absolute Gasteiger partial charge is 0.443 e. The van der Waals surface area contributed by atoms with Gasteiger partial charge >= 0.3 is 6.36 Å². The van der Waals surface area contributed by atoms with E-state index in [1.807, 2.05) is 0 Å². The molecule has 206 valence electrons. The van der Waals surface area contributed by atoms with Crippen LogP contribution >= 0.6 is 0 Å². The van der Waals surface area contributed by atoms with Crippen molar-refractivity contribution in [2.75, 3.05) is 6.54 Å². The van der Waals surface area contributed by atoms with E-state index in [0.717, 1.165) is 28.6 Å². The molecule has 0 bridgehead atoms. The van der Waals surface area contributed by atoms with Gasteiger partial charge in [-0.25, -0.2) is 22.8 Å². The molecule has 2 aromatic carbocycles. The molecule has 0 aliphatic rings. The van der Waals surface area contributed by atoms with E-state index in [1.54, 1.807) is 19.9 Å². The zero-order valence-electron chi connectivity index (χ0n) is 20.8. The second kappa shape index (κ2) is 11.1. The number of rotatable bonds is 10. The Morgan fingerprint density at radius 2 is 1.77 bits per heavy atom. The zero-order chi connectivity index (χ0) is 28.4. The van der Waals surface area contributed by atoms with Gasteiger partial charge in [-0.1, -0.05) is 0 Å². The third-order valence-electron chi connectivity index (χ3n) is 5.69. The number of benzene rings is 2. The molecule has 0 amide bonds. The van der Waals surface area contributed by atoms with Crippen LogP contribution in [0.3, 0.4) is 0 Å². The third kappa shape index (κ3) is 6.98. The molecule has 2 heterocycles. The number of alkyl halides is 3. The fourth-order valence-corrected chi connectivity index (χ4v) is 5.39. The molecule has 4 rings (SSSR count). The van der Waals surface area contributed by atoms with Crippen LogP contribution in [0, 0.1) is 5.82 Å². The van der Waals surface area contributed by atoms with Crippen LogP contribution in [0.2, 0.25) is 0 Å². The number of carbonyl (C=O) groups excluding carboxylic acids is 1. The predicted molar refractivity (Wildman–Crippen MR) is 133 cm³/mol. The summed E-state index contributed by atoms with van der Waals surface area (Å²) in [5.41, 5.74) is 1.63. The average Bonchev–Trinajstić information content (AvgIpc) is 3.30. The van der Waals surface area contributed by atoms with Crippen molar-refractivity contribution in [2.24, 2.45) is 0 Å². The van der Waals surface area contributed by atoms with Crippen LogP contribution in [-0.4, -0.2) is 47.4 Å². The number of halogens is 4. The number of furan rings is 1. The zero-order valence-corrected chi connectivity index (χ0v) is 21.6. The number of hydrogen-bond acceptors (Lipinski definition) is 7. The van der Waals surface area contributed by atoms with Crippen molar-refractivity contribution in [3.05, 3.63) is 72.4 Å². The molecule has 0 N–H and O–H groups in total. The van der Waals surface area contributed by atoms with Gasteiger partial charge in [-0.3, -0.25) is 4.79 Å². The Morgan fingerprint density at radius 3 is 2.44 bits per heavy atom. The third-order valence-corrected chi connectivity index (χ3v) is 7.57. The number of carbonyl (C=O) groups is 1. The van der Waals surface area contributed by atoms with Crippen molar-refractivity contribution in [3.8, 4) is 17.0 Å². The lowest BCUT2D eigenvalue weighted by molar-refractivity contribution is -0.274. The van der Waals surface area contributed by atoms with Gasteiger partial charge < -0.3 is 9.15 Å². The SMILES string of the molecule is CC(C)N(CC(=O)CCc1cc(-c2ccc(OC(F)(F)F)cc2)ncn1)S(=O)(=O)c1cc2cc(F)ccc2o1. The minimum absolute atomic E-state index is 0.0289. The molecule has 13 heteroatoms. The molecule has 0 saturated heterocycles. The van der Waals surface area contributed by atoms with Crippen molar-refractivity contribution < 1.29 is 39.9 Å². The highest BCUT2D eigenvalue weighted by molar-refractivity contribution is 7.89. The van der Waals surface area contributed by atoms with E-state index in [1.165, 1.54) is 30.6 Å². The molecule has 8 nitrogen and oxygen atoms in total. The van der Waals surface area contributed by atoms with Gasteiger partial charge in [-0.15, -0.1) is 13.2 Å². The van der Waals surface area contributed by atoms with Crippen LogP contribution < -0.4 is 4.74 Å². The van der Waals surface area contributed by atoms with E-state index < -0.39 is 39.9 Å². The van der Waals surface area contributed by atoms with E-state index in [2.05, 4.69) is 14.7 Å². The van der Waals surface area contributed by atoms with Gasteiger partial charge in [0, 0.05) is 35.2 Å². The molecule has 0 aliphatic carbocycles. The second-order valence-corrected chi connectivity index (χ2v) is 10.7. The molecule has 4 aromatic rings. The number of fused-ring (bicyclic) bond motifs is 1. The lowest BCUT2D eigenvalue weighted by Crippen LogP contribution is -2.40. The number of sulfonamides is 1. The summed E-state index contributed by atoms with van der Waals surface area (Å²) in [7, 11) is -4.19. The number of ketones is 1. The van der Waals surface area contributed by atoms with Crippen molar-refractivity contribution in [1.29, 1.82) is 0 Å². The Labute approximate surface area is 221 Å². The fraction of sp³-hybridized carbons (Fsp3) is 0.269. The number of hydrogen-bond donors (Lipinski definition) is 0. The summed E-state index contributed by atoms with van der Waals surface area (Å²) in [5, 5.41) is -0.109. The van der Waals surface area contributed by atoms with E-state index in [9.17, 15) is 30.8 Å². The highest BCUT2D eigenvalue weighted by atomic mass is 32.2. The molecule has 0 atom stereocenters. The summed E-state index contributed by atoms with van der Waals surface area (Å²) in [4.78, 5) is 21.0. The summed E-state index contributed by atoms with van der Waals surface area (Å²) in [5.74, 6) is -1.28. The molecular weight excluding hydrogens is 542 g/mol. The fourth-order valence-electron chi connectivity index (χ4n) is 3.82. The van der Waals surface area contributed by atoms with E-state index in [0.29, 0.717) is 17.0 Å². The molecule has 0 radical (unpaired) electrons. The second-order valence-electron chi connectivity index (χ2n) is 8.90. The molecule has 2 aromatic heterocycles. The Bertz CT molecular complexity index is 1590. The monoisotopic (exact) mass is 565 g/mol. The average molecular weight is 566 g/mol. The van der Waals surface area contributed by atoms with E-state index in [4.69, 9.17) is 4.42 Å². The Kier molecular flexibility index (Phi) is 8.02. The molecule has 39 heavy (non-hydrogen) atoms. The van der Waals surface area contributed by atoms with E-state index >= 15 is 0 Å². The predicted octanol–water partition coefficient (Wildman–Crippen LogP) is 5.53. The minimum atomic E-state index is -4.80. The first-order valence-electron chi connectivity index (χ1n) is 11.7. The Hall–Kier alpha value is -3.84. The molecule has 0 spiro atoms. The van der Waals surface area contributed by atoms with Crippen molar-refractivity contribution >= 4 is 26.8 Å². The molecular formula is C26H23F4N3O5S. The number of ether oxygens (including phenoxy) is 1. The lowest BCUT2D eigenvalue weighted by Gasteiger charge is -2.23. The highest BCUT2D eigenvalue weighted by Crippen LogP contribution is 2.28. The van der Waals surface area contributed by atoms with Gasteiger partial charge in [0.25, 0.3) is 10.0 Å². The highest BCUT2D eigenvalue weighted by Gasteiger charge is 2.32. The standard InChI is InChI=1S/C26H23F4N3O5S/c1-16(2)33(39(35,36)25-12-18-11-19(27)5-10-24(18)37-25)14-21(34)7-6-20-13-23(32-15-31-20)17-3-8-22(9-4-17)38-26(28,29)30/h3-5,8-13,15-16H,6-7,14H2,1-2H3. The van der Waals surface area contributed by atoms with Gasteiger partial charge in [0.15, 0.2) is 0 Å². The lowest BCUT2D eigenvalue weighted by atomic mass is 10.1. The summed E-state index contributed by atoms with van der Waals surface area (Å²) in [6.07, 6.45) is -3.38. The summed E-state index contributed by atoms with van der Waals surface area (Å²) in [6.45, 7) is 2.83. The van der Waals surface area contributed by atoms with Gasteiger partial charge in [-0.2, -0.15) is 4.31 Å². The summed E-state index contributed by atoms with van der Waals surface area (Å²) >= 11 is 0. The molecule has 0 aliphatic heterocycles. The number of aryl methyl sites for hydroxylation is 1. The van der Waals surface area contributed by atoms with Crippen molar-refractivity contribution in [3.63, 3.8) is 0 Å². The number of Topliss-reactive ketones (excluding diaryl/α,β-unsaturated/α-hetero) is 1. The van der Waals surface area contributed by atoms with Crippen LogP contribution in [0.4, 0.5) is 17.6 Å². The van der Waals surface area contributed by atoms with E-state index in [-0.39, 0.29) is 35.3 Å². The number of nitrogens with zero attached hydrogens (tertiary/aromatic N) is 3. The van der Waals surface area contributed by atoms with Crippen LogP contribution in [0.25, 0.3) is 22.2 Å². The van der Waals surface area contributed by atoms with Gasteiger partial charge in [-0.05, 0) is 68.8 Å². The topological polar surface area (TPSA) is 103 Å². The quantitative estimate of drug-likeness (QED) is 0.233. The van der Waals surface area contributed by atoms with Crippen LogP contribution in [0.1, 0.15) is 26.0 Å². The maximum absolute atomic E-state index is 13.5. The normalized spacial score (nSPS) is 12.4. The van der Waals surface area contributed by atoms with Gasteiger partial charge in [0.1, 0.15) is 29.3 Å². The maximum Gasteiger partial charge on any atom is 0.573 e. The Balaban J connectivity index is 1.43. The van der Waals surface area contributed by atoms with Crippen molar-refractivity contribution in [1.82, 2.24) is 14.3 Å². The minimum Gasteiger partial charge on any atom is -0.443 e. The van der Waals surface area contributed by atoms with Gasteiger partial charge in [0.05, 0.1) is 12.2 Å². The first-order chi connectivity index (χ1) is 18.3. The largest absolute Gasteiger partial charge is 0.573 e. The van der Waals surface area contributed by atoms with Gasteiger partial charge in [0.2, 0.25) is 5.09 Å². The molecule has 0 unspecified atom stereocenters. The van der Waals surface area contributed by atoms with Crippen LogP contribution in [-0.2, 0) is 21.2 Å². The summed E-state index contributed by atoms with van der Waals surface area (Å²) < 4.78 is 87.4. The first-order valence-corrected chi connectivity index (χ1v) is 13.2. The molecule has 0 fully saturated rings. The van der Waals surface area contributed by atoms with Crippen molar-refractivity contribution in [2.45, 2.75) is 44.2 Å². The van der Waals surface area contributed by atoms with Crippen LogP contribution in [0.15, 0.2) is 70.4 Å². The first kappa shape index (κ1) is 28.2. The maximum atomic E-state index is 13.5. The number of aromatic nitrogens is 2. The molecule has 0 saturated carbocycles. The van der Waals surface area contributed by atoms with Crippen LogP contribution in [0.5, 0.6) is 5.75 Å². The summed E-state index contributed by atoms with van der Waals surface area (Å²) in [6, 6.07) is 11.0.